The number of aromatic nitrogens is 3. The van der Waals surface area contributed by atoms with Crippen molar-refractivity contribution in [1.29, 1.82) is 0 Å². The zero-order chi connectivity index (χ0) is 25.1. The molecule has 0 aliphatic carbocycles. The van der Waals surface area contributed by atoms with E-state index >= 15 is 0 Å². The predicted molar refractivity (Wildman–Crippen MR) is 140 cm³/mol. The molecule has 1 aliphatic heterocycles. The van der Waals surface area contributed by atoms with E-state index in [1.165, 1.54) is 0 Å². The van der Waals surface area contributed by atoms with Crippen LogP contribution < -0.4 is 14.8 Å². The Hall–Kier alpha value is -4.04. The first-order valence-corrected chi connectivity index (χ1v) is 12.0. The Morgan fingerprint density at radius 1 is 0.944 bits per heavy atom. The van der Waals surface area contributed by atoms with Crippen LogP contribution in [0.5, 0.6) is 11.6 Å². The Kier molecular flexibility index (Phi) is 6.77. The Morgan fingerprint density at radius 3 is 2.44 bits per heavy atom. The number of nitrogens with one attached hydrogen (secondary N) is 1. The van der Waals surface area contributed by atoms with E-state index in [0.717, 1.165) is 70.5 Å². The molecule has 1 N–H and O–H groups in total. The van der Waals surface area contributed by atoms with Crippen molar-refractivity contribution in [3.8, 4) is 33.9 Å². The van der Waals surface area contributed by atoms with Crippen molar-refractivity contribution in [2.24, 2.45) is 0 Å². The molecule has 0 saturated carbocycles. The minimum absolute atomic E-state index is 0.0152. The van der Waals surface area contributed by atoms with E-state index in [0.29, 0.717) is 18.2 Å². The van der Waals surface area contributed by atoms with Crippen LogP contribution in [0, 0.1) is 6.92 Å². The third-order valence-corrected chi connectivity index (χ3v) is 6.55. The number of aryl methyl sites for hydroxylation is 1. The lowest BCUT2D eigenvalue weighted by Gasteiger charge is -2.15. The number of likely N-dealkylation sites (tertiary alicyclic amines) is 1. The number of pyridine rings is 1. The summed E-state index contributed by atoms with van der Waals surface area (Å²) in [6.07, 6.45) is 5.69. The SMILES string of the molecule is COc1cc(-c2cc(-c3ccc(NC(=O)CN4CCCC4)cc3)c3ncnc(C)c3c2)cnc1OC. The van der Waals surface area contributed by atoms with Crippen LogP contribution in [-0.2, 0) is 4.79 Å². The van der Waals surface area contributed by atoms with Gasteiger partial charge in [0.15, 0.2) is 5.75 Å². The van der Waals surface area contributed by atoms with Crippen molar-refractivity contribution in [2.75, 3.05) is 39.2 Å². The maximum atomic E-state index is 12.4. The number of benzene rings is 2. The lowest BCUT2D eigenvalue weighted by molar-refractivity contribution is -0.117. The summed E-state index contributed by atoms with van der Waals surface area (Å²) in [5.74, 6) is 1.01. The van der Waals surface area contributed by atoms with E-state index in [9.17, 15) is 4.79 Å². The number of nitrogens with zero attached hydrogens (tertiary/aromatic N) is 4. The molecular formula is C28H29N5O3. The zero-order valence-electron chi connectivity index (χ0n) is 20.7. The number of anilines is 1. The minimum atomic E-state index is 0.0152. The van der Waals surface area contributed by atoms with Crippen molar-refractivity contribution in [3.63, 3.8) is 0 Å². The highest BCUT2D eigenvalue weighted by atomic mass is 16.5. The van der Waals surface area contributed by atoms with E-state index in [4.69, 9.17) is 9.47 Å². The summed E-state index contributed by atoms with van der Waals surface area (Å²) in [6, 6.07) is 14.0. The van der Waals surface area contributed by atoms with Crippen molar-refractivity contribution in [2.45, 2.75) is 19.8 Å². The van der Waals surface area contributed by atoms with Crippen molar-refractivity contribution < 1.29 is 14.3 Å². The first-order chi connectivity index (χ1) is 17.6. The molecule has 2 aromatic heterocycles. The molecule has 8 heteroatoms. The fraction of sp³-hybridized carbons (Fsp3) is 0.286. The van der Waals surface area contributed by atoms with Gasteiger partial charge in [-0.05, 0) is 74.3 Å². The van der Waals surface area contributed by atoms with E-state index in [2.05, 4.69) is 37.3 Å². The summed E-state index contributed by atoms with van der Waals surface area (Å²) in [5.41, 5.74) is 6.35. The summed E-state index contributed by atoms with van der Waals surface area (Å²) >= 11 is 0. The fourth-order valence-corrected chi connectivity index (χ4v) is 4.65. The number of hydrogen-bond donors (Lipinski definition) is 1. The van der Waals surface area contributed by atoms with Gasteiger partial charge in [0.2, 0.25) is 5.91 Å². The standard InChI is InChI=1S/C28H29N5O3/c1-18-23-12-20(21-14-25(35-2)28(36-3)29-15-21)13-24(27(23)31-17-30-18)19-6-8-22(9-7-19)32-26(34)16-33-10-4-5-11-33/h6-9,12-15,17H,4-5,10-11,16H2,1-3H3,(H,32,34). The average Bonchev–Trinajstić information content (AvgIpc) is 3.41. The number of carbonyl (C=O) groups excluding carboxylic acids is 1. The Morgan fingerprint density at radius 2 is 1.72 bits per heavy atom. The van der Waals surface area contributed by atoms with Crippen LogP contribution in [0.4, 0.5) is 5.69 Å². The number of methoxy groups -OCH3 is 2. The van der Waals surface area contributed by atoms with Crippen molar-refractivity contribution in [3.05, 3.63) is 60.7 Å². The second-order valence-electron chi connectivity index (χ2n) is 8.92. The van der Waals surface area contributed by atoms with Gasteiger partial charge in [-0.15, -0.1) is 0 Å². The van der Waals surface area contributed by atoms with Crippen molar-refractivity contribution >= 4 is 22.5 Å². The molecule has 0 atom stereocenters. The second-order valence-corrected chi connectivity index (χ2v) is 8.92. The first kappa shape index (κ1) is 23.7. The van der Waals surface area contributed by atoms with E-state index in [1.807, 2.05) is 37.3 Å². The van der Waals surface area contributed by atoms with Crippen molar-refractivity contribution in [1.82, 2.24) is 19.9 Å². The molecule has 4 aromatic rings. The second kappa shape index (κ2) is 10.3. The molecule has 2 aromatic carbocycles. The molecule has 5 rings (SSSR count). The van der Waals surface area contributed by atoms with Crippen LogP contribution in [0.15, 0.2) is 55.0 Å². The number of carbonyl (C=O) groups is 1. The van der Waals surface area contributed by atoms with Crippen LogP contribution in [0.2, 0.25) is 0 Å². The molecular weight excluding hydrogens is 454 g/mol. The van der Waals surface area contributed by atoms with Gasteiger partial charge in [-0.1, -0.05) is 12.1 Å². The molecule has 1 fully saturated rings. The van der Waals surface area contributed by atoms with Crippen LogP contribution in [0.1, 0.15) is 18.5 Å². The van der Waals surface area contributed by atoms with Gasteiger partial charge in [-0.2, -0.15) is 0 Å². The summed E-state index contributed by atoms with van der Waals surface area (Å²) in [5, 5.41) is 3.98. The minimum Gasteiger partial charge on any atom is -0.491 e. The maximum absolute atomic E-state index is 12.4. The number of amides is 1. The Balaban J connectivity index is 1.49. The van der Waals surface area contributed by atoms with E-state index < -0.39 is 0 Å². The first-order valence-electron chi connectivity index (χ1n) is 12.0. The van der Waals surface area contributed by atoms with Gasteiger partial charge in [-0.3, -0.25) is 9.69 Å². The monoisotopic (exact) mass is 483 g/mol. The molecule has 0 spiro atoms. The van der Waals surface area contributed by atoms with Gasteiger partial charge in [0.1, 0.15) is 6.33 Å². The predicted octanol–water partition coefficient (Wildman–Crippen LogP) is 4.72. The smallest absolute Gasteiger partial charge is 0.256 e. The highest BCUT2D eigenvalue weighted by Crippen LogP contribution is 2.36. The molecule has 0 bridgehead atoms. The molecule has 36 heavy (non-hydrogen) atoms. The lowest BCUT2D eigenvalue weighted by atomic mass is 9.95. The van der Waals surface area contributed by atoms with Gasteiger partial charge in [-0.25, -0.2) is 15.0 Å². The van der Waals surface area contributed by atoms with Gasteiger partial charge >= 0.3 is 0 Å². The average molecular weight is 484 g/mol. The Labute approximate surface area is 210 Å². The number of rotatable bonds is 7. The normalized spacial score (nSPS) is 13.6. The topological polar surface area (TPSA) is 89.5 Å². The summed E-state index contributed by atoms with van der Waals surface area (Å²) in [7, 11) is 3.16. The summed E-state index contributed by atoms with van der Waals surface area (Å²) in [6.45, 7) is 4.40. The van der Waals surface area contributed by atoms with Crippen LogP contribution in [0.3, 0.4) is 0 Å². The maximum Gasteiger partial charge on any atom is 0.256 e. The number of ether oxygens (including phenoxy) is 2. The third kappa shape index (κ3) is 4.85. The number of fused-ring (bicyclic) bond motifs is 1. The highest BCUT2D eigenvalue weighted by Gasteiger charge is 2.16. The molecule has 1 saturated heterocycles. The van der Waals surface area contributed by atoms with Crippen LogP contribution >= 0.6 is 0 Å². The molecule has 3 heterocycles. The summed E-state index contributed by atoms with van der Waals surface area (Å²) in [4.78, 5) is 28.0. The molecule has 1 aliphatic rings. The Bertz CT molecular complexity index is 1400. The molecule has 184 valence electrons. The molecule has 0 unspecified atom stereocenters. The van der Waals surface area contributed by atoms with E-state index in [1.54, 1.807) is 26.7 Å². The zero-order valence-corrected chi connectivity index (χ0v) is 20.7. The molecule has 0 radical (unpaired) electrons. The van der Waals surface area contributed by atoms with E-state index in [-0.39, 0.29) is 5.91 Å². The highest BCUT2D eigenvalue weighted by molar-refractivity contribution is 5.99. The third-order valence-electron chi connectivity index (χ3n) is 6.55. The van der Waals surface area contributed by atoms with Crippen LogP contribution in [0.25, 0.3) is 33.2 Å². The number of hydrogen-bond acceptors (Lipinski definition) is 7. The lowest BCUT2D eigenvalue weighted by Crippen LogP contribution is -2.30. The van der Waals surface area contributed by atoms with Gasteiger partial charge in [0.25, 0.3) is 5.88 Å². The largest absolute Gasteiger partial charge is 0.491 e. The van der Waals surface area contributed by atoms with Crippen LogP contribution in [-0.4, -0.2) is 59.6 Å². The quantitative estimate of drug-likeness (QED) is 0.407. The molecule has 1 amide bonds. The van der Waals surface area contributed by atoms with Gasteiger partial charge < -0.3 is 14.8 Å². The summed E-state index contributed by atoms with van der Waals surface area (Å²) < 4.78 is 10.8. The van der Waals surface area contributed by atoms with Gasteiger partial charge in [0, 0.05) is 34.1 Å². The fourth-order valence-electron chi connectivity index (χ4n) is 4.65. The molecule has 8 nitrogen and oxygen atoms in total. The van der Waals surface area contributed by atoms with Gasteiger partial charge in [0.05, 0.1) is 26.3 Å².